The number of nitrogens with one attached hydrogen (secondary N) is 1. The molecule has 0 aromatic carbocycles. The second-order valence-corrected chi connectivity index (χ2v) is 4.83. The molecule has 0 aliphatic heterocycles. The lowest BCUT2D eigenvalue weighted by Crippen LogP contribution is -2.44. The van der Waals surface area contributed by atoms with Crippen molar-refractivity contribution in [3.05, 3.63) is 5.69 Å². The van der Waals surface area contributed by atoms with Gasteiger partial charge in [-0.15, -0.1) is 0 Å². The lowest BCUT2D eigenvalue weighted by molar-refractivity contribution is -0.150. The Bertz CT molecular complexity index is 479. The summed E-state index contributed by atoms with van der Waals surface area (Å²) in [5.74, 6) is -1.55. The van der Waals surface area contributed by atoms with Crippen molar-refractivity contribution in [2.45, 2.75) is 32.1 Å². The highest BCUT2D eigenvalue weighted by Gasteiger charge is 2.40. The second kappa shape index (κ2) is 5.25. The first kappa shape index (κ1) is 13.3. The number of anilines is 1. The summed E-state index contributed by atoms with van der Waals surface area (Å²) >= 11 is 0. The molecule has 1 aliphatic rings. The highest BCUT2D eigenvalue weighted by atomic mass is 16.6. The third-order valence-electron chi connectivity index (χ3n) is 3.58. The zero-order valence-corrected chi connectivity index (χ0v) is 10.4. The number of hydrogen-bond acceptors (Lipinski definition) is 6. The lowest BCUT2D eigenvalue weighted by Gasteiger charge is -2.33. The molecule has 0 unspecified atom stereocenters. The zero-order chi connectivity index (χ0) is 13.9. The molecule has 8 nitrogen and oxygen atoms in total. The van der Waals surface area contributed by atoms with Crippen molar-refractivity contribution in [3.8, 4) is 0 Å². The van der Waals surface area contributed by atoms with Crippen LogP contribution in [-0.4, -0.2) is 33.8 Å². The topological polar surface area (TPSA) is 131 Å². The molecule has 0 radical (unpaired) electrons. The number of carbonyl (C=O) groups is 2. The number of carboxylic acids is 1. The minimum atomic E-state index is -0.889. The molecule has 1 aromatic heterocycles. The van der Waals surface area contributed by atoms with E-state index in [-0.39, 0.29) is 18.1 Å². The normalized spacial score (nSPS) is 17.9. The van der Waals surface area contributed by atoms with Gasteiger partial charge in [-0.2, -0.15) is 0 Å². The number of nitrogens with two attached hydrogens (primary N) is 1. The van der Waals surface area contributed by atoms with Gasteiger partial charge in [-0.3, -0.25) is 9.59 Å². The fraction of sp³-hybridized carbons (Fsp3) is 0.636. The molecule has 104 valence electrons. The Hall–Kier alpha value is -2.12. The number of amides is 1. The number of aliphatic carboxylic acids is 1. The van der Waals surface area contributed by atoms with Gasteiger partial charge < -0.3 is 16.2 Å². The molecular weight excluding hydrogens is 252 g/mol. The monoisotopic (exact) mass is 268 g/mol. The molecule has 0 saturated heterocycles. The summed E-state index contributed by atoms with van der Waals surface area (Å²) in [5.41, 5.74) is 4.39. The van der Waals surface area contributed by atoms with Crippen LogP contribution >= 0.6 is 0 Å². The van der Waals surface area contributed by atoms with Gasteiger partial charge in [0.1, 0.15) is 0 Å². The summed E-state index contributed by atoms with van der Waals surface area (Å²) in [6.45, 7) is 0.0630. The van der Waals surface area contributed by atoms with E-state index in [1.54, 1.807) is 0 Å². The second-order valence-electron chi connectivity index (χ2n) is 4.83. The van der Waals surface area contributed by atoms with Crippen LogP contribution in [0.4, 0.5) is 5.82 Å². The van der Waals surface area contributed by atoms with Crippen LogP contribution in [0.5, 0.6) is 0 Å². The Morgan fingerprint density at radius 2 is 2.00 bits per heavy atom. The number of carboxylic acid groups (broad SMARTS) is 1. The van der Waals surface area contributed by atoms with E-state index in [9.17, 15) is 14.7 Å². The third kappa shape index (κ3) is 2.67. The molecule has 4 N–H and O–H groups in total. The largest absolute Gasteiger partial charge is 0.481 e. The van der Waals surface area contributed by atoms with Crippen molar-refractivity contribution in [2.24, 2.45) is 5.41 Å². The molecule has 0 atom stereocenters. The molecule has 1 fully saturated rings. The van der Waals surface area contributed by atoms with Crippen molar-refractivity contribution in [1.82, 2.24) is 15.6 Å². The van der Waals surface area contributed by atoms with Gasteiger partial charge in [0.05, 0.1) is 5.41 Å². The Balaban J connectivity index is 2.02. The maximum absolute atomic E-state index is 11.8. The van der Waals surface area contributed by atoms with Gasteiger partial charge in [0.25, 0.3) is 5.91 Å². The fourth-order valence-corrected chi connectivity index (χ4v) is 2.38. The molecule has 1 saturated carbocycles. The van der Waals surface area contributed by atoms with Gasteiger partial charge in [-0.25, -0.2) is 4.63 Å². The van der Waals surface area contributed by atoms with Crippen LogP contribution in [-0.2, 0) is 4.79 Å². The molecule has 2 rings (SSSR count). The Labute approximate surface area is 109 Å². The van der Waals surface area contributed by atoms with Crippen LogP contribution in [0.2, 0.25) is 0 Å². The Kier molecular flexibility index (Phi) is 3.68. The molecule has 1 heterocycles. The summed E-state index contributed by atoms with van der Waals surface area (Å²) in [6, 6.07) is 0. The highest BCUT2D eigenvalue weighted by Crippen LogP contribution is 2.36. The van der Waals surface area contributed by atoms with Crippen molar-refractivity contribution < 1.29 is 19.3 Å². The van der Waals surface area contributed by atoms with Gasteiger partial charge >= 0.3 is 5.97 Å². The van der Waals surface area contributed by atoms with E-state index >= 15 is 0 Å². The van der Waals surface area contributed by atoms with E-state index in [0.29, 0.717) is 12.8 Å². The quantitative estimate of drug-likeness (QED) is 0.720. The van der Waals surface area contributed by atoms with Crippen molar-refractivity contribution in [2.75, 3.05) is 12.3 Å². The first-order chi connectivity index (χ1) is 9.05. The third-order valence-corrected chi connectivity index (χ3v) is 3.58. The SMILES string of the molecule is Nc1nonc1C(=O)NCC1(C(=O)O)CCCCC1. The number of carbonyl (C=O) groups excluding carboxylic acids is 1. The van der Waals surface area contributed by atoms with Crippen molar-refractivity contribution in [1.29, 1.82) is 0 Å². The summed E-state index contributed by atoms with van der Waals surface area (Å²) in [4.78, 5) is 23.2. The number of nitrogens with zero attached hydrogens (tertiary/aromatic N) is 2. The summed E-state index contributed by atoms with van der Waals surface area (Å²) in [6.07, 6.45) is 3.87. The molecule has 1 aliphatic carbocycles. The zero-order valence-electron chi connectivity index (χ0n) is 10.4. The molecule has 0 bridgehead atoms. The van der Waals surface area contributed by atoms with Crippen LogP contribution in [0, 0.1) is 5.41 Å². The van der Waals surface area contributed by atoms with E-state index in [4.69, 9.17) is 5.73 Å². The van der Waals surface area contributed by atoms with Crippen LogP contribution in [0.15, 0.2) is 4.63 Å². The van der Waals surface area contributed by atoms with Gasteiger partial charge in [0.2, 0.25) is 11.5 Å². The van der Waals surface area contributed by atoms with Gasteiger partial charge in [0.15, 0.2) is 0 Å². The minimum Gasteiger partial charge on any atom is -0.481 e. The maximum Gasteiger partial charge on any atom is 0.311 e. The smallest absolute Gasteiger partial charge is 0.311 e. The fourth-order valence-electron chi connectivity index (χ4n) is 2.38. The predicted molar refractivity (Wildman–Crippen MR) is 64.2 cm³/mol. The van der Waals surface area contributed by atoms with E-state index < -0.39 is 17.3 Å². The number of hydrogen-bond donors (Lipinski definition) is 3. The van der Waals surface area contributed by atoms with Crippen LogP contribution in [0.3, 0.4) is 0 Å². The van der Waals surface area contributed by atoms with Gasteiger partial charge in [0, 0.05) is 6.54 Å². The molecule has 8 heteroatoms. The van der Waals surface area contributed by atoms with Crippen molar-refractivity contribution in [3.63, 3.8) is 0 Å². The number of aromatic nitrogens is 2. The van der Waals surface area contributed by atoms with E-state index in [1.165, 1.54) is 0 Å². The minimum absolute atomic E-state index is 0.0630. The van der Waals surface area contributed by atoms with Gasteiger partial charge in [-0.1, -0.05) is 19.3 Å². The first-order valence-electron chi connectivity index (χ1n) is 6.15. The van der Waals surface area contributed by atoms with Crippen LogP contribution < -0.4 is 11.1 Å². The summed E-state index contributed by atoms with van der Waals surface area (Å²) < 4.78 is 4.33. The summed E-state index contributed by atoms with van der Waals surface area (Å²) in [7, 11) is 0. The van der Waals surface area contributed by atoms with E-state index in [1.807, 2.05) is 0 Å². The molecular formula is C11H16N4O4. The Morgan fingerprint density at radius 1 is 1.32 bits per heavy atom. The molecule has 1 aromatic rings. The average molecular weight is 268 g/mol. The summed E-state index contributed by atoms with van der Waals surface area (Å²) in [5, 5.41) is 18.6. The standard InChI is InChI=1S/C11H16N4O4/c12-8-7(14-19-15-8)9(16)13-6-11(10(17)18)4-2-1-3-5-11/h1-6H2,(H2,12,15)(H,13,16)(H,17,18). The van der Waals surface area contributed by atoms with E-state index in [2.05, 4.69) is 20.3 Å². The molecule has 1 amide bonds. The first-order valence-corrected chi connectivity index (χ1v) is 6.15. The van der Waals surface area contributed by atoms with E-state index in [0.717, 1.165) is 19.3 Å². The van der Waals surface area contributed by atoms with Gasteiger partial charge in [-0.05, 0) is 23.2 Å². The lowest BCUT2D eigenvalue weighted by atomic mass is 9.74. The molecule has 19 heavy (non-hydrogen) atoms. The maximum atomic E-state index is 11.8. The predicted octanol–water partition coefficient (Wildman–Crippen LogP) is 0.417. The van der Waals surface area contributed by atoms with Crippen LogP contribution in [0.25, 0.3) is 0 Å². The number of rotatable bonds is 4. The van der Waals surface area contributed by atoms with Crippen molar-refractivity contribution >= 4 is 17.7 Å². The average Bonchev–Trinajstić information content (AvgIpc) is 2.83. The molecule has 0 spiro atoms. The Morgan fingerprint density at radius 3 is 2.53 bits per heavy atom. The highest BCUT2D eigenvalue weighted by molar-refractivity contribution is 5.96. The van der Waals surface area contributed by atoms with Crippen LogP contribution in [0.1, 0.15) is 42.6 Å². The number of nitrogen functional groups attached to an aromatic ring is 1.